The number of fused-ring (bicyclic) bond motifs is 1. The van der Waals surface area contributed by atoms with Gasteiger partial charge in [0.05, 0.1) is 6.04 Å². The van der Waals surface area contributed by atoms with Crippen molar-refractivity contribution in [2.24, 2.45) is 0 Å². The lowest BCUT2D eigenvalue weighted by Crippen LogP contribution is -2.48. The van der Waals surface area contributed by atoms with E-state index in [4.69, 9.17) is 0 Å². The Balaban J connectivity index is 1.64. The Kier molecular flexibility index (Phi) is 5.46. The van der Waals surface area contributed by atoms with Gasteiger partial charge in [0.25, 0.3) is 0 Å². The van der Waals surface area contributed by atoms with Crippen molar-refractivity contribution in [1.29, 1.82) is 0 Å². The Morgan fingerprint density at radius 1 is 1.16 bits per heavy atom. The van der Waals surface area contributed by atoms with E-state index in [2.05, 4.69) is 10.6 Å². The number of hydrogen-bond donors (Lipinski definition) is 3. The van der Waals surface area contributed by atoms with Crippen LogP contribution in [0.5, 0.6) is 0 Å². The topological polar surface area (TPSA) is 78.4 Å². The van der Waals surface area contributed by atoms with Crippen LogP contribution in [0, 0.1) is 0 Å². The van der Waals surface area contributed by atoms with Gasteiger partial charge in [0.15, 0.2) is 0 Å². The number of anilines is 1. The van der Waals surface area contributed by atoms with Crippen LogP contribution in [0.2, 0.25) is 0 Å². The van der Waals surface area contributed by atoms with Gasteiger partial charge in [-0.25, -0.2) is 0 Å². The molecule has 25 heavy (non-hydrogen) atoms. The number of para-hydroxylation sites is 1. The summed E-state index contributed by atoms with van der Waals surface area (Å²) in [6.45, 7) is 0. The van der Waals surface area contributed by atoms with Crippen molar-refractivity contribution in [3.05, 3.63) is 65.7 Å². The summed E-state index contributed by atoms with van der Waals surface area (Å²) in [6.07, 6.45) is 2.41. The minimum atomic E-state index is -0.925. The Morgan fingerprint density at radius 2 is 1.88 bits per heavy atom. The maximum absolute atomic E-state index is 12.4. The van der Waals surface area contributed by atoms with Gasteiger partial charge in [-0.1, -0.05) is 48.5 Å². The molecule has 0 aliphatic carbocycles. The van der Waals surface area contributed by atoms with Gasteiger partial charge in [0.1, 0.15) is 6.04 Å². The molecule has 2 aromatic rings. The number of nitrogens with one attached hydrogen (secondary N) is 2. The maximum atomic E-state index is 12.4. The van der Waals surface area contributed by atoms with E-state index in [1.165, 1.54) is 0 Å². The second kappa shape index (κ2) is 7.94. The van der Waals surface area contributed by atoms with E-state index >= 15 is 0 Å². The molecule has 0 fully saturated rings. The number of carbonyl (C=O) groups excluding carboxylic acids is 1. The average Bonchev–Trinajstić information content (AvgIpc) is 2.78. The van der Waals surface area contributed by atoms with Crippen LogP contribution in [-0.2, 0) is 22.4 Å². The van der Waals surface area contributed by atoms with E-state index in [1.807, 2.05) is 54.6 Å². The fourth-order valence-electron chi connectivity index (χ4n) is 3.15. The second-order valence-electron chi connectivity index (χ2n) is 6.32. The fraction of sp³-hybridized carbons (Fsp3) is 0.300. The first kappa shape index (κ1) is 17.2. The zero-order valence-electron chi connectivity index (χ0n) is 13.9. The molecule has 2 aromatic carbocycles. The summed E-state index contributed by atoms with van der Waals surface area (Å²) in [6, 6.07) is 16.2. The van der Waals surface area contributed by atoms with Gasteiger partial charge in [0.2, 0.25) is 5.91 Å². The molecule has 0 spiro atoms. The minimum absolute atomic E-state index is 0.170. The highest BCUT2D eigenvalue weighted by molar-refractivity contribution is 5.96. The highest BCUT2D eigenvalue weighted by atomic mass is 16.4. The number of aryl methyl sites for hydroxylation is 2. The molecular weight excluding hydrogens is 316 g/mol. The molecular formula is C20H22N2O3. The van der Waals surface area contributed by atoms with Crippen LogP contribution < -0.4 is 10.6 Å². The average molecular weight is 338 g/mol. The molecule has 130 valence electrons. The SMILES string of the molecule is O=C(O)[C@H](CCc1ccccc1)N[C@H]1CCc2ccccc2NC1=O. The molecule has 5 heteroatoms. The number of carboxylic acids is 1. The molecule has 0 radical (unpaired) electrons. The van der Waals surface area contributed by atoms with Gasteiger partial charge < -0.3 is 10.4 Å². The van der Waals surface area contributed by atoms with Crippen LogP contribution in [-0.4, -0.2) is 29.1 Å². The Bertz CT molecular complexity index is 746. The first-order valence-electron chi connectivity index (χ1n) is 8.55. The normalized spacial score (nSPS) is 17.9. The largest absolute Gasteiger partial charge is 0.480 e. The molecule has 0 saturated carbocycles. The molecule has 5 nitrogen and oxygen atoms in total. The summed E-state index contributed by atoms with van der Waals surface area (Å²) in [5.41, 5.74) is 2.98. The molecule has 3 rings (SSSR count). The Morgan fingerprint density at radius 3 is 2.64 bits per heavy atom. The molecule has 0 saturated heterocycles. The maximum Gasteiger partial charge on any atom is 0.320 e. The molecule has 3 N–H and O–H groups in total. The molecule has 1 amide bonds. The first-order valence-corrected chi connectivity index (χ1v) is 8.55. The number of carbonyl (C=O) groups is 2. The lowest BCUT2D eigenvalue weighted by Gasteiger charge is -2.21. The summed E-state index contributed by atoms with van der Waals surface area (Å²) >= 11 is 0. The predicted molar refractivity (Wildman–Crippen MR) is 96.5 cm³/mol. The van der Waals surface area contributed by atoms with Crippen molar-refractivity contribution in [2.75, 3.05) is 5.32 Å². The fourth-order valence-corrected chi connectivity index (χ4v) is 3.15. The van der Waals surface area contributed by atoms with Gasteiger partial charge in [-0.3, -0.25) is 14.9 Å². The Hall–Kier alpha value is -2.66. The van der Waals surface area contributed by atoms with Gasteiger partial charge in [-0.15, -0.1) is 0 Å². The molecule has 2 atom stereocenters. The monoisotopic (exact) mass is 338 g/mol. The number of rotatable bonds is 6. The van der Waals surface area contributed by atoms with Crippen LogP contribution in [0.25, 0.3) is 0 Å². The van der Waals surface area contributed by atoms with Crippen molar-refractivity contribution in [3.8, 4) is 0 Å². The summed E-state index contributed by atoms with van der Waals surface area (Å²) in [4.78, 5) is 24.1. The number of carboxylic acid groups (broad SMARTS) is 1. The number of amides is 1. The van der Waals surface area contributed by atoms with Gasteiger partial charge in [-0.05, 0) is 42.9 Å². The molecule has 1 aliphatic rings. The van der Waals surface area contributed by atoms with E-state index in [0.717, 1.165) is 23.2 Å². The quantitative estimate of drug-likeness (QED) is 0.756. The number of aliphatic carboxylic acids is 1. The third-order valence-corrected chi connectivity index (χ3v) is 4.56. The second-order valence-corrected chi connectivity index (χ2v) is 6.32. The highest BCUT2D eigenvalue weighted by Gasteiger charge is 2.28. The number of benzene rings is 2. The van der Waals surface area contributed by atoms with Crippen molar-refractivity contribution in [3.63, 3.8) is 0 Å². The highest BCUT2D eigenvalue weighted by Crippen LogP contribution is 2.22. The lowest BCUT2D eigenvalue weighted by atomic mass is 10.0. The zero-order chi connectivity index (χ0) is 17.6. The molecule has 0 unspecified atom stereocenters. The van der Waals surface area contributed by atoms with Gasteiger partial charge in [-0.2, -0.15) is 0 Å². The van der Waals surface area contributed by atoms with Crippen LogP contribution in [0.15, 0.2) is 54.6 Å². The van der Waals surface area contributed by atoms with Crippen LogP contribution in [0.3, 0.4) is 0 Å². The van der Waals surface area contributed by atoms with E-state index in [-0.39, 0.29) is 5.91 Å². The summed E-state index contributed by atoms with van der Waals surface area (Å²) in [7, 11) is 0. The zero-order valence-corrected chi connectivity index (χ0v) is 13.9. The van der Waals surface area contributed by atoms with Gasteiger partial charge in [0, 0.05) is 5.69 Å². The smallest absolute Gasteiger partial charge is 0.320 e. The predicted octanol–water partition coefficient (Wildman–Crippen LogP) is 2.62. The van der Waals surface area contributed by atoms with Crippen molar-refractivity contribution < 1.29 is 14.7 Å². The lowest BCUT2D eigenvalue weighted by molar-refractivity contribution is -0.140. The molecule has 1 heterocycles. The van der Waals surface area contributed by atoms with Crippen LogP contribution in [0.4, 0.5) is 5.69 Å². The van der Waals surface area contributed by atoms with E-state index in [9.17, 15) is 14.7 Å². The van der Waals surface area contributed by atoms with Crippen LogP contribution >= 0.6 is 0 Å². The molecule has 0 bridgehead atoms. The summed E-state index contributed by atoms with van der Waals surface area (Å²) in [5.74, 6) is -1.10. The van der Waals surface area contributed by atoms with Crippen molar-refractivity contribution in [1.82, 2.24) is 5.32 Å². The third kappa shape index (κ3) is 4.45. The van der Waals surface area contributed by atoms with E-state index in [1.54, 1.807) is 0 Å². The number of hydrogen-bond acceptors (Lipinski definition) is 3. The standard InChI is InChI=1S/C20H22N2O3/c23-19-17(13-11-15-8-4-5-9-16(15)22-19)21-18(20(24)25)12-10-14-6-2-1-3-7-14/h1-9,17-18,21H,10-13H2,(H,22,23)(H,24,25)/t17-,18-/m0/s1. The summed E-state index contributed by atoms with van der Waals surface area (Å²) < 4.78 is 0. The third-order valence-electron chi connectivity index (χ3n) is 4.56. The first-order chi connectivity index (χ1) is 12.1. The van der Waals surface area contributed by atoms with Gasteiger partial charge >= 0.3 is 5.97 Å². The van der Waals surface area contributed by atoms with Crippen molar-refractivity contribution in [2.45, 2.75) is 37.8 Å². The van der Waals surface area contributed by atoms with E-state index < -0.39 is 18.1 Å². The minimum Gasteiger partial charge on any atom is -0.480 e. The molecule has 0 aromatic heterocycles. The molecule has 1 aliphatic heterocycles. The van der Waals surface area contributed by atoms with Crippen LogP contribution in [0.1, 0.15) is 24.0 Å². The van der Waals surface area contributed by atoms with E-state index in [0.29, 0.717) is 19.3 Å². The Labute approximate surface area is 147 Å². The van der Waals surface area contributed by atoms with Crippen molar-refractivity contribution >= 4 is 17.6 Å². The summed E-state index contributed by atoms with van der Waals surface area (Å²) in [5, 5.41) is 15.5.